The zero-order valence-electron chi connectivity index (χ0n) is 11.5. The zero-order chi connectivity index (χ0) is 16.3. The number of halogens is 2. The largest absolute Gasteiger partial charge is 0.478 e. The Bertz CT molecular complexity index is 780. The molecule has 1 aromatic carbocycles. The van der Waals surface area contributed by atoms with Crippen molar-refractivity contribution in [2.75, 3.05) is 18.1 Å². The number of benzene rings is 1. The molecule has 0 radical (unpaired) electrons. The van der Waals surface area contributed by atoms with Crippen LogP contribution < -0.4 is 9.46 Å². The molecule has 1 N–H and O–H groups in total. The van der Waals surface area contributed by atoms with E-state index in [0.29, 0.717) is 5.03 Å². The molecule has 10 heteroatoms. The summed E-state index contributed by atoms with van der Waals surface area (Å²) in [6.45, 7) is 0. The topological polar surface area (TPSA) is 81.2 Å². The Labute approximate surface area is 142 Å². The second kappa shape index (κ2) is 6.91. The van der Waals surface area contributed by atoms with Crippen molar-refractivity contribution in [2.24, 2.45) is 0 Å². The average molecular weight is 380 g/mol. The standard InChI is InChI=1S/C12H11Cl2N3O3S2/c1-20-12-11(15-6-10(16-12)21-2)17-22(18,19)9-4-7(13)3-8(14)5-9/h3-6H,1-2H3,(H,15,17). The number of aromatic nitrogens is 2. The fourth-order valence-electron chi connectivity index (χ4n) is 1.54. The van der Waals surface area contributed by atoms with E-state index in [9.17, 15) is 8.42 Å². The lowest BCUT2D eigenvalue weighted by molar-refractivity contribution is 0.394. The summed E-state index contributed by atoms with van der Waals surface area (Å²) in [6, 6.07) is 4.01. The molecule has 6 nitrogen and oxygen atoms in total. The van der Waals surface area contributed by atoms with Crippen LogP contribution in [0.25, 0.3) is 0 Å². The molecule has 2 aromatic rings. The van der Waals surface area contributed by atoms with Gasteiger partial charge in [0.2, 0.25) is 5.82 Å². The zero-order valence-corrected chi connectivity index (χ0v) is 14.6. The van der Waals surface area contributed by atoms with Crippen molar-refractivity contribution < 1.29 is 13.2 Å². The molecule has 0 unspecified atom stereocenters. The number of nitrogens with one attached hydrogen (secondary N) is 1. The van der Waals surface area contributed by atoms with Crippen LogP contribution in [-0.2, 0) is 10.0 Å². The third kappa shape index (κ3) is 3.95. The Morgan fingerprint density at radius 3 is 2.41 bits per heavy atom. The maximum Gasteiger partial charge on any atom is 0.263 e. The van der Waals surface area contributed by atoms with Gasteiger partial charge in [-0.05, 0) is 24.5 Å². The predicted molar refractivity (Wildman–Crippen MR) is 87.6 cm³/mol. The van der Waals surface area contributed by atoms with Gasteiger partial charge in [0.1, 0.15) is 5.03 Å². The Morgan fingerprint density at radius 1 is 1.23 bits per heavy atom. The molecule has 0 aliphatic heterocycles. The lowest BCUT2D eigenvalue weighted by atomic mass is 10.4. The van der Waals surface area contributed by atoms with E-state index >= 15 is 0 Å². The van der Waals surface area contributed by atoms with Crippen molar-refractivity contribution in [1.29, 1.82) is 0 Å². The quantitative estimate of drug-likeness (QED) is 0.802. The van der Waals surface area contributed by atoms with Crippen LogP contribution >= 0.6 is 35.0 Å². The molecule has 2 rings (SSSR count). The molecule has 22 heavy (non-hydrogen) atoms. The highest BCUT2D eigenvalue weighted by atomic mass is 35.5. The summed E-state index contributed by atoms with van der Waals surface area (Å²) < 4.78 is 32.1. The smallest absolute Gasteiger partial charge is 0.263 e. The second-order valence-electron chi connectivity index (χ2n) is 3.98. The highest BCUT2D eigenvalue weighted by Gasteiger charge is 2.19. The molecule has 0 aliphatic rings. The number of thioether (sulfide) groups is 1. The van der Waals surface area contributed by atoms with Gasteiger partial charge in [-0.2, -0.15) is 0 Å². The monoisotopic (exact) mass is 379 g/mol. The van der Waals surface area contributed by atoms with Crippen molar-refractivity contribution in [3.8, 4) is 5.88 Å². The van der Waals surface area contributed by atoms with E-state index in [1.54, 1.807) is 0 Å². The summed E-state index contributed by atoms with van der Waals surface area (Å²) in [5.74, 6) is 0.0555. The van der Waals surface area contributed by atoms with E-state index in [1.807, 2.05) is 6.26 Å². The van der Waals surface area contributed by atoms with Gasteiger partial charge in [0.15, 0.2) is 0 Å². The molecule has 0 saturated carbocycles. The molecule has 0 aliphatic carbocycles. The van der Waals surface area contributed by atoms with Gasteiger partial charge < -0.3 is 4.74 Å². The second-order valence-corrected chi connectivity index (χ2v) is 7.36. The fourth-order valence-corrected chi connectivity index (χ4v) is 3.60. The van der Waals surface area contributed by atoms with Gasteiger partial charge in [-0.3, -0.25) is 4.72 Å². The summed E-state index contributed by atoms with van der Waals surface area (Å²) in [5.41, 5.74) is 0. The molecule has 1 heterocycles. The van der Waals surface area contributed by atoms with Gasteiger partial charge in [-0.25, -0.2) is 18.4 Å². The SMILES string of the molecule is COc1nc(SC)cnc1NS(=O)(=O)c1cc(Cl)cc(Cl)c1. The van der Waals surface area contributed by atoms with Crippen LogP contribution in [0.4, 0.5) is 5.82 Å². The minimum absolute atomic E-state index is 0.0172. The van der Waals surface area contributed by atoms with Crippen molar-refractivity contribution >= 4 is 50.8 Å². The number of nitrogens with zero attached hydrogens (tertiary/aromatic N) is 2. The molecule has 0 atom stereocenters. The summed E-state index contributed by atoms with van der Waals surface area (Å²) in [6.07, 6.45) is 3.26. The van der Waals surface area contributed by atoms with Gasteiger partial charge in [0.25, 0.3) is 15.9 Å². The first-order valence-electron chi connectivity index (χ1n) is 5.79. The third-order valence-corrected chi connectivity index (χ3v) is 4.87. The van der Waals surface area contributed by atoms with Gasteiger partial charge in [-0.15, -0.1) is 11.8 Å². The van der Waals surface area contributed by atoms with Crippen molar-refractivity contribution in [1.82, 2.24) is 9.97 Å². The van der Waals surface area contributed by atoms with Crippen molar-refractivity contribution in [3.05, 3.63) is 34.4 Å². The van der Waals surface area contributed by atoms with Crippen molar-refractivity contribution in [2.45, 2.75) is 9.92 Å². The number of ether oxygens (including phenoxy) is 1. The lowest BCUT2D eigenvalue weighted by Crippen LogP contribution is -2.15. The molecule has 0 amide bonds. The van der Waals surface area contributed by atoms with Crippen LogP contribution in [0.1, 0.15) is 0 Å². The number of hydrogen-bond donors (Lipinski definition) is 1. The number of hydrogen-bond acceptors (Lipinski definition) is 6. The van der Waals surface area contributed by atoms with E-state index in [2.05, 4.69) is 14.7 Å². The fraction of sp³-hybridized carbons (Fsp3) is 0.167. The first kappa shape index (κ1) is 17.1. The van der Waals surface area contributed by atoms with Gasteiger partial charge in [0, 0.05) is 10.0 Å². The minimum atomic E-state index is -3.92. The summed E-state index contributed by atoms with van der Waals surface area (Å²) >= 11 is 13.0. The number of sulfonamides is 1. The highest BCUT2D eigenvalue weighted by molar-refractivity contribution is 7.98. The van der Waals surface area contributed by atoms with Crippen LogP contribution in [0.2, 0.25) is 10.0 Å². The summed E-state index contributed by atoms with van der Waals surface area (Å²) in [7, 11) is -2.54. The van der Waals surface area contributed by atoms with E-state index < -0.39 is 10.0 Å². The Balaban J connectivity index is 2.40. The Morgan fingerprint density at radius 2 is 1.86 bits per heavy atom. The Kier molecular flexibility index (Phi) is 5.38. The molecule has 1 aromatic heterocycles. The van der Waals surface area contributed by atoms with E-state index in [-0.39, 0.29) is 26.6 Å². The predicted octanol–water partition coefficient (Wildman–Crippen LogP) is 3.31. The molecule has 0 spiro atoms. The normalized spacial score (nSPS) is 11.3. The summed E-state index contributed by atoms with van der Waals surface area (Å²) in [5, 5.41) is 1.03. The number of methoxy groups -OCH3 is 1. The maximum absolute atomic E-state index is 12.4. The molecule has 118 valence electrons. The van der Waals surface area contributed by atoms with Crippen LogP contribution in [0.5, 0.6) is 5.88 Å². The van der Waals surface area contributed by atoms with E-state index in [1.165, 1.54) is 43.3 Å². The molecule has 0 bridgehead atoms. The molecule has 0 fully saturated rings. The van der Waals surface area contributed by atoms with Crippen LogP contribution in [0.15, 0.2) is 34.3 Å². The molecular weight excluding hydrogens is 369 g/mol. The molecule has 0 saturated heterocycles. The van der Waals surface area contributed by atoms with Crippen molar-refractivity contribution in [3.63, 3.8) is 0 Å². The van der Waals surface area contributed by atoms with E-state index in [4.69, 9.17) is 27.9 Å². The minimum Gasteiger partial charge on any atom is -0.478 e. The number of rotatable bonds is 5. The first-order chi connectivity index (χ1) is 10.4. The van der Waals surface area contributed by atoms with Crippen LogP contribution in [-0.4, -0.2) is 31.8 Å². The van der Waals surface area contributed by atoms with E-state index in [0.717, 1.165) is 0 Å². The average Bonchev–Trinajstić information content (AvgIpc) is 2.46. The molecular formula is C12H11Cl2N3O3S2. The third-order valence-electron chi connectivity index (χ3n) is 2.50. The van der Waals surface area contributed by atoms with Gasteiger partial charge in [-0.1, -0.05) is 23.2 Å². The highest BCUT2D eigenvalue weighted by Crippen LogP contribution is 2.27. The van der Waals surface area contributed by atoms with Crippen LogP contribution in [0.3, 0.4) is 0 Å². The first-order valence-corrected chi connectivity index (χ1v) is 9.26. The maximum atomic E-state index is 12.4. The summed E-state index contributed by atoms with van der Waals surface area (Å²) in [4.78, 5) is 8.05. The van der Waals surface area contributed by atoms with Gasteiger partial charge >= 0.3 is 0 Å². The van der Waals surface area contributed by atoms with Crippen LogP contribution in [0, 0.1) is 0 Å². The Hall–Kier alpha value is -1.22. The number of anilines is 1. The lowest BCUT2D eigenvalue weighted by Gasteiger charge is -2.11. The van der Waals surface area contributed by atoms with Gasteiger partial charge in [0.05, 0.1) is 18.2 Å².